The Morgan fingerprint density at radius 1 is 1.53 bits per heavy atom. The molecule has 0 amide bonds. The summed E-state index contributed by atoms with van der Waals surface area (Å²) in [6.07, 6.45) is 1.50. The molecule has 0 spiro atoms. The number of nitrogens with two attached hydrogens (primary N) is 1. The Bertz CT molecular complexity index is 607. The summed E-state index contributed by atoms with van der Waals surface area (Å²) in [6, 6.07) is 3.38. The molecule has 0 radical (unpaired) electrons. The maximum absolute atomic E-state index is 11.7. The van der Waals surface area contributed by atoms with Gasteiger partial charge in [0.05, 0.1) is 11.6 Å². The molecule has 6 nitrogen and oxygen atoms in total. The van der Waals surface area contributed by atoms with Crippen molar-refractivity contribution >= 4 is 23.4 Å². The average molecular weight is 281 g/mol. The van der Waals surface area contributed by atoms with Crippen molar-refractivity contribution in [2.75, 3.05) is 12.3 Å². The summed E-state index contributed by atoms with van der Waals surface area (Å²) in [4.78, 5) is 20.0. The lowest BCUT2D eigenvalue weighted by Gasteiger charge is -2.06. The number of nitrogen functional groups attached to an aromatic ring is 1. The van der Waals surface area contributed by atoms with Crippen molar-refractivity contribution in [1.82, 2.24) is 14.5 Å². The molecule has 0 unspecified atom stereocenters. The van der Waals surface area contributed by atoms with Crippen molar-refractivity contribution in [1.29, 1.82) is 0 Å². The van der Waals surface area contributed by atoms with Crippen LogP contribution in [0.25, 0.3) is 5.82 Å². The molecule has 0 fully saturated rings. The third kappa shape index (κ3) is 2.53. The topological polar surface area (TPSA) is 83.0 Å². The maximum Gasteiger partial charge on any atom is 0.360 e. The molecule has 0 saturated heterocycles. The first-order valence-electron chi connectivity index (χ1n) is 5.68. The molecule has 100 valence electrons. The van der Waals surface area contributed by atoms with Crippen molar-refractivity contribution in [2.45, 2.75) is 13.8 Å². The first kappa shape index (κ1) is 13.4. The highest BCUT2D eigenvalue weighted by atomic mass is 35.5. The second-order valence-corrected chi connectivity index (χ2v) is 4.22. The van der Waals surface area contributed by atoms with Crippen LogP contribution in [0, 0.1) is 6.92 Å². The molecule has 19 heavy (non-hydrogen) atoms. The van der Waals surface area contributed by atoms with Crippen molar-refractivity contribution in [3.63, 3.8) is 0 Å². The van der Waals surface area contributed by atoms with Gasteiger partial charge in [0, 0.05) is 6.20 Å². The number of aryl methyl sites for hydroxylation is 1. The number of nitrogens with zero attached hydrogens (tertiary/aromatic N) is 3. The van der Waals surface area contributed by atoms with E-state index in [-0.39, 0.29) is 18.1 Å². The number of ether oxygens (including phenoxy) is 1. The zero-order valence-electron chi connectivity index (χ0n) is 10.6. The van der Waals surface area contributed by atoms with Gasteiger partial charge in [-0.3, -0.25) is 4.57 Å². The van der Waals surface area contributed by atoms with Gasteiger partial charge < -0.3 is 10.5 Å². The third-order valence-electron chi connectivity index (χ3n) is 2.49. The number of hydrogen-bond acceptors (Lipinski definition) is 5. The minimum absolute atomic E-state index is 0.0936. The summed E-state index contributed by atoms with van der Waals surface area (Å²) in [5.41, 5.74) is 6.03. The summed E-state index contributed by atoms with van der Waals surface area (Å²) in [7, 11) is 0. The Morgan fingerprint density at radius 2 is 2.26 bits per heavy atom. The van der Waals surface area contributed by atoms with Crippen LogP contribution in [-0.2, 0) is 4.74 Å². The summed E-state index contributed by atoms with van der Waals surface area (Å²) >= 11 is 5.78. The molecular weight excluding hydrogens is 268 g/mol. The fourth-order valence-corrected chi connectivity index (χ4v) is 1.80. The highest BCUT2D eigenvalue weighted by molar-refractivity contribution is 6.30. The van der Waals surface area contributed by atoms with Crippen LogP contribution in [0.4, 0.5) is 5.82 Å². The number of imidazole rings is 1. The van der Waals surface area contributed by atoms with Crippen molar-refractivity contribution in [2.24, 2.45) is 0 Å². The molecule has 0 atom stereocenters. The molecule has 2 heterocycles. The number of hydrogen-bond donors (Lipinski definition) is 1. The van der Waals surface area contributed by atoms with Gasteiger partial charge in [-0.1, -0.05) is 11.6 Å². The smallest absolute Gasteiger partial charge is 0.360 e. The molecule has 0 saturated carbocycles. The van der Waals surface area contributed by atoms with Crippen molar-refractivity contribution in [3.8, 4) is 5.82 Å². The minimum atomic E-state index is -0.546. The second kappa shape index (κ2) is 5.27. The SMILES string of the molecule is CCOC(=O)c1nc(C)n(-c2ccc(Cl)cn2)c1N. The molecule has 2 aromatic rings. The molecule has 0 aliphatic carbocycles. The van der Waals surface area contributed by atoms with Gasteiger partial charge in [-0.2, -0.15) is 0 Å². The van der Waals surface area contributed by atoms with Crippen LogP contribution in [0.2, 0.25) is 5.02 Å². The fraction of sp³-hybridized carbons (Fsp3) is 0.250. The van der Waals surface area contributed by atoms with Crippen molar-refractivity contribution < 1.29 is 9.53 Å². The summed E-state index contributed by atoms with van der Waals surface area (Å²) in [5, 5.41) is 0.519. The normalized spacial score (nSPS) is 10.5. The Morgan fingerprint density at radius 3 is 2.84 bits per heavy atom. The van der Waals surface area contributed by atoms with Crippen LogP contribution < -0.4 is 5.73 Å². The van der Waals surface area contributed by atoms with E-state index in [1.165, 1.54) is 6.20 Å². The molecule has 0 bridgehead atoms. The van der Waals surface area contributed by atoms with E-state index in [1.807, 2.05) is 0 Å². The molecule has 2 rings (SSSR count). The summed E-state index contributed by atoms with van der Waals surface area (Å²) in [6.45, 7) is 3.72. The minimum Gasteiger partial charge on any atom is -0.461 e. The predicted molar refractivity (Wildman–Crippen MR) is 71.5 cm³/mol. The van der Waals surface area contributed by atoms with E-state index in [4.69, 9.17) is 22.1 Å². The zero-order chi connectivity index (χ0) is 14.0. The van der Waals surface area contributed by atoms with Crippen LogP contribution in [0.15, 0.2) is 18.3 Å². The molecule has 0 aromatic carbocycles. The number of carbonyl (C=O) groups is 1. The van der Waals surface area contributed by atoms with Gasteiger partial charge in [-0.15, -0.1) is 0 Å². The molecule has 2 aromatic heterocycles. The average Bonchev–Trinajstić information content (AvgIpc) is 2.67. The molecule has 0 aliphatic rings. The van der Waals surface area contributed by atoms with E-state index in [0.717, 1.165) is 0 Å². The van der Waals surface area contributed by atoms with E-state index < -0.39 is 5.97 Å². The number of pyridine rings is 1. The van der Waals surface area contributed by atoms with E-state index in [1.54, 1.807) is 30.5 Å². The van der Waals surface area contributed by atoms with Crippen LogP contribution in [-0.4, -0.2) is 27.1 Å². The number of rotatable bonds is 3. The monoisotopic (exact) mass is 280 g/mol. The molecule has 0 aliphatic heterocycles. The number of esters is 1. The Kier molecular flexibility index (Phi) is 3.71. The van der Waals surface area contributed by atoms with Gasteiger partial charge in [0.25, 0.3) is 0 Å². The number of carbonyl (C=O) groups excluding carboxylic acids is 1. The third-order valence-corrected chi connectivity index (χ3v) is 2.71. The predicted octanol–water partition coefficient (Wildman–Crippen LogP) is 1.99. The van der Waals surface area contributed by atoms with Gasteiger partial charge in [0.15, 0.2) is 5.69 Å². The van der Waals surface area contributed by atoms with Crippen LogP contribution >= 0.6 is 11.6 Å². The first-order valence-corrected chi connectivity index (χ1v) is 6.06. The number of anilines is 1. The van der Waals surface area contributed by atoms with Gasteiger partial charge in [-0.05, 0) is 26.0 Å². The van der Waals surface area contributed by atoms with Crippen LogP contribution in [0.3, 0.4) is 0 Å². The lowest BCUT2D eigenvalue weighted by atomic mass is 10.4. The van der Waals surface area contributed by atoms with E-state index in [2.05, 4.69) is 9.97 Å². The molecule has 7 heteroatoms. The first-order chi connectivity index (χ1) is 9.04. The fourth-order valence-electron chi connectivity index (χ4n) is 1.69. The van der Waals surface area contributed by atoms with Gasteiger partial charge >= 0.3 is 5.97 Å². The highest BCUT2D eigenvalue weighted by Crippen LogP contribution is 2.20. The van der Waals surface area contributed by atoms with E-state index in [9.17, 15) is 4.79 Å². The summed E-state index contributed by atoms with van der Waals surface area (Å²) < 4.78 is 6.47. The molecule has 2 N–H and O–H groups in total. The van der Waals surface area contributed by atoms with E-state index in [0.29, 0.717) is 16.7 Å². The van der Waals surface area contributed by atoms with Crippen LogP contribution in [0.5, 0.6) is 0 Å². The number of aromatic nitrogens is 3. The Labute approximate surface area is 115 Å². The standard InChI is InChI=1S/C12H13ClN4O2/c1-3-19-12(18)10-11(14)17(7(2)16-10)9-5-4-8(13)6-15-9/h4-6H,3,14H2,1-2H3. The largest absolute Gasteiger partial charge is 0.461 e. The maximum atomic E-state index is 11.7. The lowest BCUT2D eigenvalue weighted by Crippen LogP contribution is -2.10. The molecular formula is C12H13ClN4O2. The lowest BCUT2D eigenvalue weighted by molar-refractivity contribution is 0.0521. The zero-order valence-corrected chi connectivity index (χ0v) is 11.3. The van der Waals surface area contributed by atoms with Crippen molar-refractivity contribution in [3.05, 3.63) is 34.9 Å². The van der Waals surface area contributed by atoms with Gasteiger partial charge in [-0.25, -0.2) is 14.8 Å². The Balaban J connectivity index is 2.47. The quantitative estimate of drug-likeness (QED) is 0.869. The highest BCUT2D eigenvalue weighted by Gasteiger charge is 2.20. The number of halogens is 1. The van der Waals surface area contributed by atoms with Crippen LogP contribution in [0.1, 0.15) is 23.2 Å². The van der Waals surface area contributed by atoms with E-state index >= 15 is 0 Å². The Hall–Kier alpha value is -2.08. The second-order valence-electron chi connectivity index (χ2n) is 3.78. The van der Waals surface area contributed by atoms with Gasteiger partial charge in [0.1, 0.15) is 17.5 Å². The summed E-state index contributed by atoms with van der Waals surface area (Å²) in [5.74, 6) is 0.749. The van der Waals surface area contributed by atoms with Gasteiger partial charge in [0.2, 0.25) is 0 Å².